The lowest BCUT2D eigenvalue weighted by molar-refractivity contribution is 0.631. The van der Waals surface area contributed by atoms with Gasteiger partial charge in [-0.25, -0.2) is 0 Å². The van der Waals surface area contributed by atoms with E-state index < -0.39 is 0 Å². The van der Waals surface area contributed by atoms with Gasteiger partial charge in [0.05, 0.1) is 16.8 Å². The van der Waals surface area contributed by atoms with Crippen molar-refractivity contribution in [2.45, 2.75) is 19.3 Å². The van der Waals surface area contributed by atoms with E-state index in [1.165, 1.54) is 61.0 Å². The van der Waals surface area contributed by atoms with Crippen LogP contribution in [0.3, 0.4) is 0 Å². The molecule has 10 aromatic rings. The first-order chi connectivity index (χ1) is 26.6. The zero-order valence-electron chi connectivity index (χ0n) is 29.7. The molecule has 0 atom stereocenters. The van der Waals surface area contributed by atoms with E-state index in [0.717, 1.165) is 55.3 Å². The Morgan fingerprint density at radius 2 is 1.20 bits per heavy atom. The smallest absolute Gasteiger partial charge is 0.333 e. The van der Waals surface area contributed by atoms with Gasteiger partial charge in [-0.05, 0) is 80.9 Å². The minimum absolute atomic E-state index is 0.159. The molecule has 0 fully saturated rings. The maximum Gasteiger partial charge on any atom is 0.333 e. The summed E-state index contributed by atoms with van der Waals surface area (Å²) in [5.74, 6) is 0. The van der Waals surface area contributed by atoms with Crippen molar-refractivity contribution in [3.8, 4) is 11.1 Å². The maximum absolute atomic E-state index is 7.06. The number of anilines is 5. The van der Waals surface area contributed by atoms with Crippen LogP contribution in [0.2, 0.25) is 0 Å². The molecular formula is C49H31BN2O2. The van der Waals surface area contributed by atoms with Gasteiger partial charge in [0.15, 0.2) is 5.58 Å². The molecule has 0 saturated heterocycles. The van der Waals surface area contributed by atoms with Crippen molar-refractivity contribution in [3.05, 3.63) is 163 Å². The van der Waals surface area contributed by atoms with Crippen LogP contribution in [0.1, 0.15) is 25.0 Å². The molecule has 8 aromatic carbocycles. The molecule has 13 rings (SSSR count). The van der Waals surface area contributed by atoms with Crippen molar-refractivity contribution in [2.75, 3.05) is 9.71 Å². The summed E-state index contributed by atoms with van der Waals surface area (Å²) in [6, 6.07) is 55.3. The first-order valence-electron chi connectivity index (χ1n) is 18.8. The zero-order valence-corrected chi connectivity index (χ0v) is 29.7. The number of para-hydroxylation sites is 4. The van der Waals surface area contributed by atoms with Crippen LogP contribution < -0.4 is 20.6 Å². The number of furan rings is 2. The van der Waals surface area contributed by atoms with Crippen LogP contribution >= 0.6 is 0 Å². The van der Waals surface area contributed by atoms with Gasteiger partial charge < -0.3 is 18.5 Å². The van der Waals surface area contributed by atoms with Gasteiger partial charge in [-0.1, -0.05) is 123 Å². The number of fused-ring (bicyclic) bond motifs is 15. The molecule has 0 spiro atoms. The molecule has 0 bridgehead atoms. The molecule has 0 N–H and O–H groups in total. The Hall–Kier alpha value is -6.72. The average molecular weight is 691 g/mol. The SMILES string of the molecule is CC1(C)c2ccccc2N2c3c(cccc31)B1c3c(cc4c(oc5ccccc54)c32)-c2c(ccc3ccccc23)N1c1cccc2oc3ccccc3c12. The quantitative estimate of drug-likeness (QED) is 0.161. The molecule has 54 heavy (non-hydrogen) atoms. The Morgan fingerprint density at radius 3 is 2.09 bits per heavy atom. The standard InChI is InChI=1S/C49H31BN2O2/c1-49(2)34-17-7-8-20-37(34)51-46-35(49)18-11-19-36(46)50-45-33(27-32-30-15-5-9-22-40(30)54-48(32)47(45)51)43-29-14-4-3-13-28(29)25-26-39(43)52(50)38-21-12-24-42-44(38)31-16-6-10-23-41(31)53-42/h3-27H,1-2H3. The second-order valence-corrected chi connectivity index (χ2v) is 15.6. The summed E-state index contributed by atoms with van der Waals surface area (Å²) in [5, 5.41) is 6.96. The summed E-state index contributed by atoms with van der Waals surface area (Å²) in [5.41, 5.74) is 16.9. The van der Waals surface area contributed by atoms with Crippen molar-refractivity contribution in [2.24, 2.45) is 0 Å². The lowest BCUT2D eigenvalue weighted by Gasteiger charge is -2.50. The van der Waals surface area contributed by atoms with Crippen molar-refractivity contribution in [1.29, 1.82) is 0 Å². The van der Waals surface area contributed by atoms with Gasteiger partial charge in [-0.3, -0.25) is 0 Å². The lowest BCUT2D eigenvalue weighted by atomic mass is 9.42. The fourth-order valence-corrected chi connectivity index (χ4v) is 10.3. The highest BCUT2D eigenvalue weighted by atomic mass is 16.3. The van der Waals surface area contributed by atoms with Crippen LogP contribution in [-0.2, 0) is 5.41 Å². The maximum atomic E-state index is 7.06. The summed E-state index contributed by atoms with van der Waals surface area (Å²) < 4.78 is 13.6. The predicted molar refractivity (Wildman–Crippen MR) is 224 cm³/mol. The van der Waals surface area contributed by atoms with E-state index in [9.17, 15) is 0 Å². The summed E-state index contributed by atoms with van der Waals surface area (Å²) in [6.07, 6.45) is 0. The summed E-state index contributed by atoms with van der Waals surface area (Å²) in [6.45, 7) is 4.59. The predicted octanol–water partition coefficient (Wildman–Crippen LogP) is 12.0. The third-order valence-corrected chi connectivity index (χ3v) is 12.6. The molecule has 5 heterocycles. The lowest BCUT2D eigenvalue weighted by Crippen LogP contribution is -2.62. The molecule has 252 valence electrons. The van der Waals surface area contributed by atoms with Crippen molar-refractivity contribution >= 4 is 101 Å². The molecule has 0 amide bonds. The van der Waals surface area contributed by atoms with Crippen LogP contribution in [0, 0.1) is 0 Å². The second kappa shape index (κ2) is 9.83. The monoisotopic (exact) mass is 690 g/mol. The average Bonchev–Trinajstić information content (AvgIpc) is 3.79. The summed E-state index contributed by atoms with van der Waals surface area (Å²) in [7, 11) is 0. The molecule has 0 aliphatic carbocycles. The molecule has 0 saturated carbocycles. The molecule has 0 unspecified atom stereocenters. The van der Waals surface area contributed by atoms with Gasteiger partial charge in [-0.15, -0.1) is 0 Å². The molecular weight excluding hydrogens is 659 g/mol. The van der Waals surface area contributed by atoms with E-state index in [0.29, 0.717) is 0 Å². The van der Waals surface area contributed by atoms with E-state index in [-0.39, 0.29) is 12.3 Å². The number of rotatable bonds is 1. The molecule has 3 aliphatic rings. The molecule has 3 aliphatic heterocycles. The van der Waals surface area contributed by atoms with Gasteiger partial charge >= 0.3 is 6.85 Å². The van der Waals surface area contributed by atoms with Crippen LogP contribution in [-0.4, -0.2) is 6.85 Å². The van der Waals surface area contributed by atoms with Gasteiger partial charge in [-0.2, -0.15) is 0 Å². The Bertz CT molecular complexity index is 3300. The van der Waals surface area contributed by atoms with E-state index >= 15 is 0 Å². The highest BCUT2D eigenvalue weighted by Crippen LogP contribution is 2.57. The Kier molecular flexibility index (Phi) is 5.24. The number of hydrogen-bond acceptors (Lipinski definition) is 4. The van der Waals surface area contributed by atoms with E-state index in [4.69, 9.17) is 8.83 Å². The zero-order chi connectivity index (χ0) is 35.4. The van der Waals surface area contributed by atoms with E-state index in [1.54, 1.807) is 0 Å². The Labute approximate surface area is 311 Å². The number of nitrogens with zero attached hydrogens (tertiary/aromatic N) is 2. The molecule has 4 nitrogen and oxygen atoms in total. The van der Waals surface area contributed by atoms with E-state index in [1.807, 2.05) is 0 Å². The highest BCUT2D eigenvalue weighted by Gasteiger charge is 2.51. The number of benzene rings is 8. The van der Waals surface area contributed by atoms with Crippen molar-refractivity contribution < 1.29 is 8.83 Å². The fraction of sp³-hybridized carbons (Fsp3) is 0.0612. The van der Waals surface area contributed by atoms with E-state index in [2.05, 4.69) is 175 Å². The van der Waals surface area contributed by atoms with Gasteiger partial charge in [0, 0.05) is 44.2 Å². The summed E-state index contributed by atoms with van der Waals surface area (Å²) >= 11 is 0. The fourth-order valence-electron chi connectivity index (χ4n) is 10.3. The molecule has 2 aromatic heterocycles. The normalized spacial score (nSPS) is 14.9. The van der Waals surface area contributed by atoms with Crippen molar-refractivity contribution in [3.63, 3.8) is 0 Å². The summed E-state index contributed by atoms with van der Waals surface area (Å²) in [4.78, 5) is 5.17. The van der Waals surface area contributed by atoms with Crippen LogP contribution in [0.25, 0.3) is 65.8 Å². The number of hydrogen-bond donors (Lipinski definition) is 0. The third kappa shape index (κ3) is 3.37. The highest BCUT2D eigenvalue weighted by molar-refractivity contribution is 6.94. The topological polar surface area (TPSA) is 32.8 Å². The van der Waals surface area contributed by atoms with Crippen molar-refractivity contribution in [1.82, 2.24) is 0 Å². The van der Waals surface area contributed by atoms with Crippen LogP contribution in [0.4, 0.5) is 28.4 Å². The van der Waals surface area contributed by atoms with Crippen LogP contribution in [0.15, 0.2) is 160 Å². The van der Waals surface area contributed by atoms with Crippen LogP contribution in [0.5, 0.6) is 0 Å². The van der Waals surface area contributed by atoms with Gasteiger partial charge in [0.2, 0.25) is 0 Å². The first-order valence-corrected chi connectivity index (χ1v) is 18.8. The Balaban J connectivity index is 1.28. The largest absolute Gasteiger partial charge is 0.456 e. The van der Waals surface area contributed by atoms with Gasteiger partial charge in [0.1, 0.15) is 16.7 Å². The second-order valence-electron chi connectivity index (χ2n) is 15.6. The minimum atomic E-state index is -0.227. The first kappa shape index (κ1) is 28.8. The third-order valence-electron chi connectivity index (χ3n) is 12.6. The Morgan fingerprint density at radius 1 is 0.519 bits per heavy atom. The molecule has 0 radical (unpaired) electrons. The minimum Gasteiger partial charge on any atom is -0.456 e. The van der Waals surface area contributed by atoms with Gasteiger partial charge in [0.25, 0.3) is 0 Å². The molecule has 5 heteroatoms.